The Balaban J connectivity index is 1.88. The summed E-state index contributed by atoms with van der Waals surface area (Å²) in [6.07, 6.45) is 0.548. The smallest absolute Gasteiger partial charge is 0.484 e. The molecule has 0 saturated carbocycles. The van der Waals surface area contributed by atoms with Gasteiger partial charge in [-0.3, -0.25) is 4.48 Å². The van der Waals surface area contributed by atoms with Crippen molar-refractivity contribution in [3.63, 3.8) is 0 Å². The van der Waals surface area contributed by atoms with Crippen molar-refractivity contribution >= 4 is 19.1 Å². The van der Waals surface area contributed by atoms with Crippen LogP contribution in [-0.2, 0) is 6.42 Å². The fourth-order valence-corrected chi connectivity index (χ4v) is 4.58. The van der Waals surface area contributed by atoms with E-state index in [0.717, 1.165) is 0 Å². The van der Waals surface area contributed by atoms with Crippen LogP contribution in [0.15, 0.2) is 24.8 Å². The van der Waals surface area contributed by atoms with Crippen molar-refractivity contribution in [3.8, 4) is 17.2 Å². The van der Waals surface area contributed by atoms with Crippen LogP contribution in [0, 0.1) is 81.4 Å². The lowest BCUT2D eigenvalue weighted by atomic mass is 9.97. The zero-order valence-electron chi connectivity index (χ0n) is 24.8. The van der Waals surface area contributed by atoms with Crippen molar-refractivity contribution in [3.05, 3.63) is 123 Å². The zero-order valence-corrected chi connectivity index (χ0v) is 24.8. The second-order valence-electron chi connectivity index (χ2n) is 10.8. The summed E-state index contributed by atoms with van der Waals surface area (Å²) in [5.74, 6) is -44.4. The molecule has 4 aromatic carbocycles. The third-order valence-electron chi connectivity index (χ3n) is 6.70. The minimum absolute atomic E-state index is 0.0126. The zero-order chi connectivity index (χ0) is 36.9. The van der Waals surface area contributed by atoms with E-state index in [1.165, 1.54) is 18.2 Å². The van der Waals surface area contributed by atoms with E-state index in [2.05, 4.69) is 20.5 Å². The van der Waals surface area contributed by atoms with Crippen molar-refractivity contribution in [1.29, 1.82) is 0 Å². The van der Waals surface area contributed by atoms with E-state index in [1.807, 2.05) is 0 Å². The van der Waals surface area contributed by atoms with Gasteiger partial charge in [-0.15, -0.1) is 0 Å². The minimum atomic E-state index is -3.69. The van der Waals surface area contributed by atoms with Gasteiger partial charge in [-0.2, -0.15) is 26.3 Å². The SMILES string of the molecule is C=Cc1cccc(Cc2c(F)c(F)c(OB(Oc3c(F)c(F)c(F)c(F)c3F)Oc3c(F)c(F)c(F)c(F)c3F)c(F)c2F)c1[N+](C)(C)C. The van der Waals surface area contributed by atoms with Gasteiger partial charge >= 0.3 is 7.32 Å². The van der Waals surface area contributed by atoms with Crippen LogP contribution in [0.1, 0.15) is 16.7 Å². The molecule has 0 aliphatic rings. The molecule has 0 atom stereocenters. The van der Waals surface area contributed by atoms with Gasteiger partial charge in [0.25, 0.3) is 0 Å². The molecule has 0 bridgehead atoms. The molecular formula is C30H17BF14NO3+. The molecule has 0 radical (unpaired) electrons. The lowest BCUT2D eigenvalue weighted by Crippen LogP contribution is -2.39. The van der Waals surface area contributed by atoms with E-state index < -0.39 is 118 Å². The van der Waals surface area contributed by atoms with Crippen molar-refractivity contribution in [1.82, 2.24) is 4.48 Å². The normalized spacial score (nSPS) is 11.5. The first-order chi connectivity index (χ1) is 22.7. The Morgan fingerprint density at radius 1 is 0.531 bits per heavy atom. The average molecular weight is 716 g/mol. The lowest BCUT2D eigenvalue weighted by Gasteiger charge is -2.28. The molecule has 0 unspecified atom stereocenters. The molecule has 4 aromatic rings. The number of quaternary nitrogens is 1. The van der Waals surface area contributed by atoms with E-state index in [4.69, 9.17) is 0 Å². The van der Waals surface area contributed by atoms with Gasteiger partial charge < -0.3 is 14.0 Å². The Hall–Kier alpha value is -4.94. The molecule has 0 heterocycles. The standard InChI is InChI=1S/C30H17BF14NO3/c1-5-10-7-6-8-11(27(10)46(2,3)4)9-12-13(32)21(40)28(22(41)14(12)33)47-31(48-29-23(42)17(36)15(34)18(37)24(29)43)49-30-25(44)19(38)16(35)20(39)26(30)45/h5-8H,1,9H2,2-4H3/q+1. The van der Waals surface area contributed by atoms with Crippen molar-refractivity contribution in [2.24, 2.45) is 0 Å². The van der Waals surface area contributed by atoms with E-state index in [1.54, 1.807) is 27.2 Å². The van der Waals surface area contributed by atoms with Gasteiger partial charge in [-0.25, -0.2) is 35.1 Å². The summed E-state index contributed by atoms with van der Waals surface area (Å²) in [6.45, 7) is 3.63. The second kappa shape index (κ2) is 13.5. The molecule has 0 aromatic heterocycles. The Morgan fingerprint density at radius 2 is 0.857 bits per heavy atom. The molecule has 0 fully saturated rings. The minimum Gasteiger partial charge on any atom is -0.484 e. The van der Waals surface area contributed by atoms with Crippen LogP contribution in [0.2, 0.25) is 0 Å². The topological polar surface area (TPSA) is 27.7 Å². The highest BCUT2D eigenvalue weighted by molar-refractivity contribution is 6.39. The fraction of sp³-hybridized carbons (Fsp3) is 0.133. The average Bonchev–Trinajstić information content (AvgIpc) is 3.06. The first kappa shape index (κ1) is 36.9. The number of halogens is 14. The van der Waals surface area contributed by atoms with Gasteiger partial charge in [0.2, 0.25) is 69.8 Å². The number of nitrogens with zero attached hydrogens (tertiary/aromatic N) is 1. The van der Waals surface area contributed by atoms with Crippen LogP contribution in [-0.4, -0.2) is 28.5 Å². The van der Waals surface area contributed by atoms with Crippen LogP contribution in [0.5, 0.6) is 17.2 Å². The van der Waals surface area contributed by atoms with Crippen LogP contribution >= 0.6 is 0 Å². The summed E-state index contributed by atoms with van der Waals surface area (Å²) < 4.78 is 214. The highest BCUT2D eigenvalue weighted by atomic mass is 19.2. The van der Waals surface area contributed by atoms with Gasteiger partial charge in [0.05, 0.1) is 21.1 Å². The number of benzene rings is 4. The van der Waals surface area contributed by atoms with Gasteiger partial charge in [-0.05, 0) is 6.07 Å². The second-order valence-corrected chi connectivity index (χ2v) is 10.8. The molecule has 0 spiro atoms. The largest absolute Gasteiger partial charge is 0.864 e. The van der Waals surface area contributed by atoms with Crippen molar-refractivity contribution in [2.75, 3.05) is 21.1 Å². The maximum Gasteiger partial charge on any atom is 0.864 e. The van der Waals surface area contributed by atoms with Crippen LogP contribution in [0.4, 0.5) is 67.2 Å². The molecule has 0 amide bonds. The maximum absolute atomic E-state index is 15.4. The first-order valence-corrected chi connectivity index (χ1v) is 13.2. The van der Waals surface area contributed by atoms with E-state index in [9.17, 15) is 43.9 Å². The maximum atomic E-state index is 15.4. The van der Waals surface area contributed by atoms with Gasteiger partial charge in [0, 0.05) is 23.1 Å². The van der Waals surface area contributed by atoms with Crippen LogP contribution in [0.3, 0.4) is 0 Å². The summed E-state index contributed by atoms with van der Waals surface area (Å²) in [6, 6.07) is 4.37. The van der Waals surface area contributed by atoms with Gasteiger partial charge in [-0.1, -0.05) is 24.8 Å². The Morgan fingerprint density at radius 3 is 1.18 bits per heavy atom. The Bertz CT molecular complexity index is 1840. The van der Waals surface area contributed by atoms with Gasteiger partial charge in [0.15, 0.2) is 28.9 Å². The van der Waals surface area contributed by atoms with E-state index in [0.29, 0.717) is 11.3 Å². The molecule has 4 rings (SSSR count). The molecular weight excluding hydrogens is 699 g/mol. The van der Waals surface area contributed by atoms with Crippen LogP contribution < -0.4 is 18.4 Å². The number of para-hydroxylation sites is 1. The molecule has 19 heteroatoms. The molecule has 0 aliphatic heterocycles. The summed E-state index contributed by atoms with van der Waals surface area (Å²) >= 11 is 0. The highest BCUT2D eigenvalue weighted by Crippen LogP contribution is 2.37. The lowest BCUT2D eigenvalue weighted by molar-refractivity contribution is 0.249. The van der Waals surface area contributed by atoms with E-state index >= 15 is 17.6 Å². The molecule has 0 aliphatic carbocycles. The highest BCUT2D eigenvalue weighted by Gasteiger charge is 2.42. The van der Waals surface area contributed by atoms with E-state index in [-0.39, 0.29) is 10.0 Å². The first-order valence-electron chi connectivity index (χ1n) is 13.2. The molecule has 49 heavy (non-hydrogen) atoms. The summed E-state index contributed by atoms with van der Waals surface area (Å²) in [5.41, 5.74) is -0.302. The van der Waals surface area contributed by atoms with Crippen molar-refractivity contribution < 1.29 is 75.4 Å². The third kappa shape index (κ3) is 6.58. The molecule has 260 valence electrons. The summed E-state index contributed by atoms with van der Waals surface area (Å²) in [4.78, 5) is 0. The monoisotopic (exact) mass is 716 g/mol. The predicted octanol–water partition coefficient (Wildman–Crippen LogP) is 8.59. The molecule has 4 nitrogen and oxygen atoms in total. The number of rotatable bonds is 10. The Kier molecular flexibility index (Phi) is 10.2. The van der Waals surface area contributed by atoms with Crippen LogP contribution in [0.25, 0.3) is 6.08 Å². The summed E-state index contributed by atoms with van der Waals surface area (Å²) in [7, 11) is 1.24. The fourth-order valence-electron chi connectivity index (χ4n) is 4.58. The quantitative estimate of drug-likeness (QED) is 0.0542. The number of hydrogen-bond acceptors (Lipinski definition) is 3. The predicted molar refractivity (Wildman–Crippen MR) is 145 cm³/mol. The molecule has 0 saturated heterocycles. The molecule has 0 N–H and O–H groups in total. The van der Waals surface area contributed by atoms with Gasteiger partial charge in [0.1, 0.15) is 5.69 Å². The number of hydrogen-bond donors (Lipinski definition) is 0. The third-order valence-corrected chi connectivity index (χ3v) is 6.70. The van der Waals surface area contributed by atoms with Crippen molar-refractivity contribution in [2.45, 2.75) is 6.42 Å². The summed E-state index contributed by atoms with van der Waals surface area (Å²) in [5, 5.41) is 0. The Labute approximate surface area is 267 Å².